The highest BCUT2D eigenvalue weighted by molar-refractivity contribution is 5.85. The Labute approximate surface area is 142 Å². The van der Waals surface area contributed by atoms with Crippen LogP contribution in [-0.2, 0) is 4.79 Å². The van der Waals surface area contributed by atoms with Gasteiger partial charge in [-0.2, -0.15) is 5.10 Å². The number of hydrogen-bond donors (Lipinski definition) is 1. The van der Waals surface area contributed by atoms with Crippen LogP contribution in [0.2, 0.25) is 0 Å². The molecule has 0 aromatic heterocycles. The number of hydrogen-bond acceptors (Lipinski definition) is 4. The zero-order valence-corrected chi connectivity index (χ0v) is 14.2. The Bertz CT molecular complexity index is 706. The van der Waals surface area contributed by atoms with Gasteiger partial charge in [0.05, 0.1) is 12.8 Å². The molecule has 0 fully saturated rings. The van der Waals surface area contributed by atoms with Gasteiger partial charge in [0.2, 0.25) is 0 Å². The van der Waals surface area contributed by atoms with Gasteiger partial charge in [-0.05, 0) is 44.0 Å². The van der Waals surface area contributed by atoms with E-state index in [9.17, 15) is 4.79 Å². The average molecular weight is 326 g/mol. The molecule has 0 heterocycles. The summed E-state index contributed by atoms with van der Waals surface area (Å²) in [6, 6.07) is 13.4. The minimum Gasteiger partial charge on any atom is -0.493 e. The van der Waals surface area contributed by atoms with E-state index in [1.807, 2.05) is 63.2 Å². The Hall–Kier alpha value is -2.82. The molecule has 5 nitrogen and oxygen atoms in total. The van der Waals surface area contributed by atoms with Crippen molar-refractivity contribution in [3.05, 3.63) is 59.2 Å². The van der Waals surface area contributed by atoms with E-state index in [4.69, 9.17) is 9.47 Å². The van der Waals surface area contributed by atoms with Crippen molar-refractivity contribution < 1.29 is 14.3 Å². The van der Waals surface area contributed by atoms with Gasteiger partial charge in [-0.25, -0.2) is 5.43 Å². The first-order valence-corrected chi connectivity index (χ1v) is 7.84. The molecular weight excluding hydrogens is 304 g/mol. The molecule has 0 saturated heterocycles. The second-order valence-corrected chi connectivity index (χ2v) is 5.27. The number of benzene rings is 2. The third-order valence-electron chi connectivity index (χ3n) is 3.37. The van der Waals surface area contributed by atoms with Gasteiger partial charge in [0.15, 0.2) is 6.61 Å². The molecule has 24 heavy (non-hydrogen) atoms. The third-order valence-corrected chi connectivity index (χ3v) is 3.37. The van der Waals surface area contributed by atoms with Gasteiger partial charge in [-0.1, -0.05) is 30.3 Å². The molecule has 1 N–H and O–H groups in total. The zero-order chi connectivity index (χ0) is 17.4. The van der Waals surface area contributed by atoms with Crippen LogP contribution in [0.5, 0.6) is 11.5 Å². The minimum atomic E-state index is -0.317. The maximum Gasteiger partial charge on any atom is 0.277 e. The van der Waals surface area contributed by atoms with E-state index < -0.39 is 0 Å². The third kappa shape index (κ3) is 4.84. The molecule has 1 amide bonds. The van der Waals surface area contributed by atoms with Crippen LogP contribution in [0.15, 0.2) is 47.6 Å². The summed E-state index contributed by atoms with van der Waals surface area (Å²) in [5, 5.41) is 3.96. The van der Waals surface area contributed by atoms with Crippen LogP contribution in [0.25, 0.3) is 0 Å². The van der Waals surface area contributed by atoms with E-state index in [-0.39, 0.29) is 12.5 Å². The van der Waals surface area contributed by atoms with E-state index >= 15 is 0 Å². The molecule has 5 heteroatoms. The lowest BCUT2D eigenvalue weighted by Crippen LogP contribution is -2.25. The van der Waals surface area contributed by atoms with Crippen LogP contribution in [0, 0.1) is 13.8 Å². The Morgan fingerprint density at radius 3 is 2.50 bits per heavy atom. The van der Waals surface area contributed by atoms with Crippen molar-refractivity contribution in [2.45, 2.75) is 20.8 Å². The number of rotatable bonds is 7. The second kappa shape index (κ2) is 8.72. The molecule has 2 aromatic rings. The fraction of sp³-hybridized carbons (Fsp3) is 0.263. The molecule has 0 aliphatic rings. The Balaban J connectivity index is 1.89. The van der Waals surface area contributed by atoms with Gasteiger partial charge >= 0.3 is 0 Å². The lowest BCUT2D eigenvalue weighted by Gasteiger charge is -2.10. The van der Waals surface area contributed by atoms with Crippen LogP contribution in [0.4, 0.5) is 0 Å². The molecule has 126 valence electrons. The van der Waals surface area contributed by atoms with Crippen LogP contribution >= 0.6 is 0 Å². The summed E-state index contributed by atoms with van der Waals surface area (Å²) in [5.74, 6) is 1.14. The topological polar surface area (TPSA) is 59.9 Å². The van der Waals surface area contributed by atoms with Crippen molar-refractivity contribution in [2.24, 2.45) is 5.10 Å². The molecule has 0 aliphatic carbocycles. The monoisotopic (exact) mass is 326 g/mol. The lowest BCUT2D eigenvalue weighted by molar-refractivity contribution is -0.123. The summed E-state index contributed by atoms with van der Waals surface area (Å²) in [5.41, 5.74) is 5.26. The maximum absolute atomic E-state index is 11.9. The number of carbonyl (C=O) groups is 1. The molecule has 0 radical (unpaired) electrons. The highest BCUT2D eigenvalue weighted by Gasteiger charge is 2.06. The summed E-state index contributed by atoms with van der Waals surface area (Å²) < 4.78 is 11.1. The summed E-state index contributed by atoms with van der Waals surface area (Å²) in [7, 11) is 0. The van der Waals surface area contributed by atoms with E-state index in [0.717, 1.165) is 28.2 Å². The number of amides is 1. The van der Waals surface area contributed by atoms with E-state index in [1.165, 1.54) is 0 Å². The standard InChI is InChI=1S/C19H22N2O3/c1-4-23-17-11-6-5-10-16(17)12-20-21-18(22)13-24-19-14(2)8-7-9-15(19)3/h5-12H,4,13H2,1-3H3,(H,21,22). The predicted molar refractivity (Wildman–Crippen MR) is 94.8 cm³/mol. The van der Waals surface area contributed by atoms with Crippen molar-refractivity contribution in [3.8, 4) is 11.5 Å². The normalized spacial score (nSPS) is 10.6. The van der Waals surface area contributed by atoms with Crippen LogP contribution in [0.1, 0.15) is 23.6 Å². The number of ether oxygens (including phenoxy) is 2. The van der Waals surface area contributed by atoms with Gasteiger partial charge in [0, 0.05) is 5.56 Å². The van der Waals surface area contributed by atoms with E-state index in [2.05, 4.69) is 10.5 Å². The number of para-hydroxylation sites is 2. The molecule has 0 atom stereocenters. The highest BCUT2D eigenvalue weighted by atomic mass is 16.5. The summed E-state index contributed by atoms with van der Waals surface area (Å²) in [6.07, 6.45) is 1.56. The van der Waals surface area contributed by atoms with Crippen LogP contribution < -0.4 is 14.9 Å². The molecule has 0 aliphatic heterocycles. The smallest absolute Gasteiger partial charge is 0.277 e. The molecule has 2 aromatic carbocycles. The molecule has 2 rings (SSSR count). The molecule has 0 bridgehead atoms. The highest BCUT2D eigenvalue weighted by Crippen LogP contribution is 2.22. The largest absolute Gasteiger partial charge is 0.493 e. The first-order chi connectivity index (χ1) is 11.6. The average Bonchev–Trinajstić information content (AvgIpc) is 2.56. The molecule has 0 unspecified atom stereocenters. The molecule has 0 spiro atoms. The van der Waals surface area contributed by atoms with Crippen molar-refractivity contribution in [2.75, 3.05) is 13.2 Å². The van der Waals surface area contributed by atoms with Crippen molar-refractivity contribution in [1.82, 2.24) is 5.43 Å². The number of nitrogens with one attached hydrogen (secondary N) is 1. The summed E-state index contributed by atoms with van der Waals surface area (Å²) >= 11 is 0. The fourth-order valence-corrected chi connectivity index (χ4v) is 2.24. The minimum absolute atomic E-state index is 0.0872. The first kappa shape index (κ1) is 17.5. The SMILES string of the molecule is CCOc1ccccc1C=NNC(=O)COc1c(C)cccc1C. The van der Waals surface area contributed by atoms with Gasteiger partial charge in [-0.3, -0.25) is 4.79 Å². The number of aryl methyl sites for hydroxylation is 2. The summed E-state index contributed by atoms with van der Waals surface area (Å²) in [4.78, 5) is 11.9. The first-order valence-electron chi connectivity index (χ1n) is 7.84. The second-order valence-electron chi connectivity index (χ2n) is 5.27. The fourth-order valence-electron chi connectivity index (χ4n) is 2.24. The predicted octanol–water partition coefficient (Wildman–Crippen LogP) is 3.23. The van der Waals surface area contributed by atoms with Crippen molar-refractivity contribution in [3.63, 3.8) is 0 Å². The van der Waals surface area contributed by atoms with Gasteiger partial charge in [0.25, 0.3) is 5.91 Å². The van der Waals surface area contributed by atoms with E-state index in [1.54, 1.807) is 6.21 Å². The van der Waals surface area contributed by atoms with Gasteiger partial charge in [0.1, 0.15) is 11.5 Å². The quantitative estimate of drug-likeness (QED) is 0.628. The van der Waals surface area contributed by atoms with Crippen molar-refractivity contribution >= 4 is 12.1 Å². The number of hydrazone groups is 1. The Morgan fingerprint density at radius 1 is 1.08 bits per heavy atom. The Morgan fingerprint density at radius 2 is 1.79 bits per heavy atom. The number of carbonyl (C=O) groups excluding carboxylic acids is 1. The van der Waals surface area contributed by atoms with E-state index in [0.29, 0.717) is 6.61 Å². The molecule has 0 saturated carbocycles. The van der Waals surface area contributed by atoms with Gasteiger partial charge in [-0.15, -0.1) is 0 Å². The van der Waals surface area contributed by atoms with Gasteiger partial charge < -0.3 is 9.47 Å². The molecular formula is C19H22N2O3. The zero-order valence-electron chi connectivity index (χ0n) is 14.2. The summed E-state index contributed by atoms with van der Waals surface area (Å²) in [6.45, 7) is 6.30. The lowest BCUT2D eigenvalue weighted by atomic mass is 10.1. The Kier molecular flexibility index (Phi) is 6.37. The maximum atomic E-state index is 11.9. The van der Waals surface area contributed by atoms with Crippen molar-refractivity contribution in [1.29, 1.82) is 0 Å². The number of nitrogens with zero attached hydrogens (tertiary/aromatic N) is 1. The van der Waals surface area contributed by atoms with Crippen LogP contribution in [0.3, 0.4) is 0 Å². The van der Waals surface area contributed by atoms with Crippen LogP contribution in [-0.4, -0.2) is 25.3 Å².